The van der Waals surface area contributed by atoms with Crippen molar-refractivity contribution in [3.05, 3.63) is 34.9 Å². The van der Waals surface area contributed by atoms with Crippen molar-refractivity contribution in [3.8, 4) is 0 Å². The average molecular weight is 244 g/mol. The molecule has 1 saturated carbocycles. The fraction of sp³-hybridized carbons (Fsp3) is 0.533. The summed E-state index contributed by atoms with van der Waals surface area (Å²) in [5, 5.41) is 2.94. The molecule has 1 aromatic carbocycles. The summed E-state index contributed by atoms with van der Waals surface area (Å²) in [7, 11) is 0. The van der Waals surface area contributed by atoms with Crippen molar-refractivity contribution in [3.63, 3.8) is 0 Å². The number of carbonyl (C=O) groups is 1. The van der Waals surface area contributed by atoms with E-state index in [4.69, 9.17) is 5.73 Å². The standard InChI is InChI=1S/C15H20N2O/c16-14(11-3-1-4-11)12-7-6-10-5-2-8-17-15(18)13(10)9-12/h6-7,9,11,14H,1-5,8,16H2,(H,17,18). The zero-order chi connectivity index (χ0) is 12.5. The number of amides is 1. The van der Waals surface area contributed by atoms with Gasteiger partial charge >= 0.3 is 0 Å². The Morgan fingerprint density at radius 3 is 2.83 bits per heavy atom. The van der Waals surface area contributed by atoms with Gasteiger partial charge < -0.3 is 11.1 Å². The third-order valence-electron chi connectivity index (χ3n) is 4.33. The van der Waals surface area contributed by atoms with E-state index in [1.54, 1.807) is 0 Å². The van der Waals surface area contributed by atoms with Crippen LogP contribution >= 0.6 is 0 Å². The molecule has 0 bridgehead atoms. The molecule has 96 valence electrons. The maximum Gasteiger partial charge on any atom is 0.251 e. The zero-order valence-electron chi connectivity index (χ0n) is 10.6. The largest absolute Gasteiger partial charge is 0.352 e. The molecule has 0 saturated heterocycles. The van der Waals surface area contributed by atoms with E-state index in [9.17, 15) is 4.79 Å². The van der Waals surface area contributed by atoms with Crippen molar-refractivity contribution in [1.82, 2.24) is 5.32 Å². The van der Waals surface area contributed by atoms with Gasteiger partial charge in [0.2, 0.25) is 0 Å². The first-order valence-electron chi connectivity index (χ1n) is 6.92. The van der Waals surface area contributed by atoms with Crippen LogP contribution in [0.15, 0.2) is 18.2 Å². The quantitative estimate of drug-likeness (QED) is 0.837. The summed E-state index contributed by atoms with van der Waals surface area (Å²) < 4.78 is 0. The van der Waals surface area contributed by atoms with Crippen LogP contribution in [0.2, 0.25) is 0 Å². The number of aryl methyl sites for hydroxylation is 1. The van der Waals surface area contributed by atoms with Crippen LogP contribution in [0.25, 0.3) is 0 Å². The first kappa shape index (κ1) is 11.7. The summed E-state index contributed by atoms with van der Waals surface area (Å²) in [5.74, 6) is 0.669. The zero-order valence-corrected chi connectivity index (χ0v) is 10.6. The summed E-state index contributed by atoms with van der Waals surface area (Å²) in [6, 6.07) is 6.31. The maximum atomic E-state index is 12.0. The van der Waals surface area contributed by atoms with Gasteiger partial charge in [-0.25, -0.2) is 0 Å². The second-order valence-corrected chi connectivity index (χ2v) is 5.49. The lowest BCUT2D eigenvalue weighted by Crippen LogP contribution is -2.27. The number of rotatable bonds is 2. The van der Waals surface area contributed by atoms with Gasteiger partial charge in [-0.15, -0.1) is 0 Å². The van der Waals surface area contributed by atoms with Gasteiger partial charge in [0.25, 0.3) is 5.91 Å². The molecule has 1 aromatic rings. The molecule has 1 heterocycles. The fourth-order valence-electron chi connectivity index (χ4n) is 2.88. The van der Waals surface area contributed by atoms with E-state index in [0.717, 1.165) is 36.1 Å². The van der Waals surface area contributed by atoms with Crippen LogP contribution in [-0.4, -0.2) is 12.5 Å². The van der Waals surface area contributed by atoms with E-state index in [2.05, 4.69) is 17.4 Å². The molecule has 1 atom stereocenters. The number of carbonyl (C=O) groups excluding carboxylic acids is 1. The van der Waals surface area contributed by atoms with E-state index in [1.807, 2.05) is 6.07 Å². The van der Waals surface area contributed by atoms with E-state index < -0.39 is 0 Å². The smallest absolute Gasteiger partial charge is 0.251 e. The molecule has 0 radical (unpaired) electrons. The van der Waals surface area contributed by atoms with Crippen molar-refractivity contribution in [2.45, 2.75) is 38.1 Å². The third kappa shape index (κ3) is 2.03. The lowest BCUT2D eigenvalue weighted by Gasteiger charge is -2.31. The number of fused-ring (bicyclic) bond motifs is 1. The molecule has 2 aliphatic rings. The number of benzene rings is 1. The van der Waals surface area contributed by atoms with E-state index >= 15 is 0 Å². The molecule has 0 aromatic heterocycles. The predicted octanol–water partition coefficient (Wildman–Crippen LogP) is 2.16. The number of nitrogens with two attached hydrogens (primary N) is 1. The minimum Gasteiger partial charge on any atom is -0.352 e. The topological polar surface area (TPSA) is 55.1 Å². The molecule has 1 unspecified atom stereocenters. The van der Waals surface area contributed by atoms with Gasteiger partial charge in [-0.3, -0.25) is 4.79 Å². The normalized spacial score (nSPS) is 21.5. The monoisotopic (exact) mass is 244 g/mol. The second-order valence-electron chi connectivity index (χ2n) is 5.49. The third-order valence-corrected chi connectivity index (χ3v) is 4.33. The molecule has 3 N–H and O–H groups in total. The van der Waals surface area contributed by atoms with Gasteiger partial charge in [0, 0.05) is 18.2 Å². The Hall–Kier alpha value is -1.35. The minimum absolute atomic E-state index is 0.0603. The van der Waals surface area contributed by atoms with Crippen molar-refractivity contribution < 1.29 is 4.79 Å². The summed E-state index contributed by atoms with van der Waals surface area (Å²) in [6.45, 7) is 0.775. The highest BCUT2D eigenvalue weighted by Crippen LogP contribution is 2.36. The van der Waals surface area contributed by atoms with Crippen LogP contribution in [0, 0.1) is 5.92 Å². The molecule has 1 aliphatic carbocycles. The van der Waals surface area contributed by atoms with Crippen LogP contribution < -0.4 is 11.1 Å². The van der Waals surface area contributed by atoms with Crippen LogP contribution in [-0.2, 0) is 6.42 Å². The van der Waals surface area contributed by atoms with Gasteiger partial charge in [0.05, 0.1) is 0 Å². The highest BCUT2D eigenvalue weighted by molar-refractivity contribution is 5.96. The molecule has 1 aliphatic heterocycles. The molecule has 3 nitrogen and oxygen atoms in total. The molecular weight excluding hydrogens is 224 g/mol. The highest BCUT2D eigenvalue weighted by Gasteiger charge is 2.26. The van der Waals surface area contributed by atoms with Gasteiger partial charge in [-0.2, -0.15) is 0 Å². The molecule has 1 fully saturated rings. The van der Waals surface area contributed by atoms with Crippen LogP contribution in [0.4, 0.5) is 0 Å². The minimum atomic E-state index is 0.0603. The summed E-state index contributed by atoms with van der Waals surface area (Å²) in [4.78, 5) is 12.0. The first-order chi connectivity index (χ1) is 8.75. The predicted molar refractivity (Wildman–Crippen MR) is 71.4 cm³/mol. The average Bonchev–Trinajstić information content (AvgIpc) is 2.49. The number of hydrogen-bond donors (Lipinski definition) is 2. The Morgan fingerprint density at radius 1 is 1.28 bits per heavy atom. The summed E-state index contributed by atoms with van der Waals surface area (Å²) in [6.07, 6.45) is 5.75. The Balaban J connectivity index is 1.91. The molecular formula is C15H20N2O. The summed E-state index contributed by atoms with van der Waals surface area (Å²) in [5.41, 5.74) is 9.40. The second kappa shape index (κ2) is 4.73. The molecule has 18 heavy (non-hydrogen) atoms. The first-order valence-corrected chi connectivity index (χ1v) is 6.92. The SMILES string of the molecule is NC(c1ccc2c(c1)C(=O)NCCC2)C1CCC1. The fourth-order valence-corrected chi connectivity index (χ4v) is 2.88. The summed E-state index contributed by atoms with van der Waals surface area (Å²) >= 11 is 0. The Kier molecular flexibility index (Phi) is 3.08. The lowest BCUT2D eigenvalue weighted by atomic mass is 9.77. The van der Waals surface area contributed by atoms with Gasteiger partial charge in [-0.05, 0) is 48.8 Å². The van der Waals surface area contributed by atoms with Crippen molar-refractivity contribution in [2.24, 2.45) is 11.7 Å². The van der Waals surface area contributed by atoms with Crippen LogP contribution in [0.3, 0.4) is 0 Å². The van der Waals surface area contributed by atoms with Crippen molar-refractivity contribution in [1.29, 1.82) is 0 Å². The molecule has 0 spiro atoms. The van der Waals surface area contributed by atoms with Gasteiger partial charge in [0.15, 0.2) is 0 Å². The highest BCUT2D eigenvalue weighted by atomic mass is 16.1. The maximum absolute atomic E-state index is 12.0. The Bertz CT molecular complexity index is 466. The molecule has 3 rings (SSSR count). The Morgan fingerprint density at radius 2 is 2.11 bits per heavy atom. The van der Waals surface area contributed by atoms with Crippen molar-refractivity contribution >= 4 is 5.91 Å². The number of nitrogens with one attached hydrogen (secondary N) is 1. The van der Waals surface area contributed by atoms with E-state index in [-0.39, 0.29) is 11.9 Å². The molecule has 1 amide bonds. The van der Waals surface area contributed by atoms with E-state index in [0.29, 0.717) is 5.92 Å². The van der Waals surface area contributed by atoms with Gasteiger partial charge in [0.1, 0.15) is 0 Å². The number of hydrogen-bond acceptors (Lipinski definition) is 2. The van der Waals surface area contributed by atoms with Gasteiger partial charge in [-0.1, -0.05) is 18.6 Å². The van der Waals surface area contributed by atoms with Crippen LogP contribution in [0.5, 0.6) is 0 Å². The van der Waals surface area contributed by atoms with E-state index in [1.165, 1.54) is 19.3 Å². The Labute approximate surface area is 108 Å². The lowest BCUT2D eigenvalue weighted by molar-refractivity contribution is 0.0956. The van der Waals surface area contributed by atoms with Crippen LogP contribution in [0.1, 0.15) is 53.2 Å². The molecule has 3 heteroatoms. The van der Waals surface area contributed by atoms with Crippen molar-refractivity contribution in [2.75, 3.05) is 6.54 Å².